The Balaban J connectivity index is 1.37. The minimum absolute atomic E-state index is 0.150. The zero-order valence-electron chi connectivity index (χ0n) is 24.8. The highest BCUT2D eigenvalue weighted by molar-refractivity contribution is 6.76. The van der Waals surface area contributed by atoms with Crippen LogP contribution in [0, 0.1) is 17.3 Å². The van der Waals surface area contributed by atoms with Gasteiger partial charge in [0, 0.05) is 34.9 Å². The van der Waals surface area contributed by atoms with Gasteiger partial charge < -0.3 is 24.2 Å². The molecule has 0 unspecified atom stereocenters. The largest absolute Gasteiger partial charge is 0.468 e. The highest BCUT2D eigenvalue weighted by Crippen LogP contribution is 2.61. The molecule has 0 bridgehead atoms. The Labute approximate surface area is 232 Å². The number of fused-ring (bicyclic) bond motifs is 5. The summed E-state index contributed by atoms with van der Waals surface area (Å²) in [5, 5.41) is 13.8. The lowest BCUT2D eigenvalue weighted by molar-refractivity contribution is -0.132. The number of rotatable bonds is 12. The quantitative estimate of drug-likeness (QED) is 0.0937. The second kappa shape index (κ2) is 12.1. The molecule has 6 nitrogen and oxygen atoms in total. The van der Waals surface area contributed by atoms with E-state index in [9.17, 15) is 5.21 Å². The van der Waals surface area contributed by atoms with E-state index in [4.69, 9.17) is 18.9 Å². The van der Waals surface area contributed by atoms with Gasteiger partial charge in [-0.05, 0) is 85.1 Å². The minimum atomic E-state index is -1.11. The Bertz CT molecular complexity index is 972. The van der Waals surface area contributed by atoms with E-state index in [2.05, 4.69) is 69.6 Å². The summed E-state index contributed by atoms with van der Waals surface area (Å²) in [6.45, 7) is 18.8. The summed E-state index contributed by atoms with van der Waals surface area (Å²) >= 11 is 0. The van der Waals surface area contributed by atoms with E-state index >= 15 is 0 Å². The number of benzene rings is 1. The van der Waals surface area contributed by atoms with Crippen LogP contribution in [0.4, 0.5) is 0 Å². The Morgan fingerprint density at radius 2 is 1.63 bits per heavy atom. The first-order chi connectivity index (χ1) is 17.9. The van der Waals surface area contributed by atoms with Gasteiger partial charge >= 0.3 is 0 Å². The van der Waals surface area contributed by atoms with Crippen LogP contribution < -0.4 is 4.74 Å². The van der Waals surface area contributed by atoms with Crippen LogP contribution in [0.25, 0.3) is 0 Å². The third-order valence-corrected chi connectivity index (χ3v) is 12.7. The molecule has 3 aliphatic rings. The zero-order chi connectivity index (χ0) is 27.6. The standard InChI is InChI=1S/C30H51NO5Si2/c1-30-13-12-24-23-9-8-22(35-20-33-14-16-37(2,3)4)18-26(23)28(31-32)19-25(24)27(30)10-11-29(30)36-21-34-15-17-38(5,6)7/h8-9,18,24-25,27,29,32H,10-17,19-21H2,1-7H3/b31-28+/t24-,25-,27+,29+,30+/m1/s1. The maximum Gasteiger partial charge on any atom is 0.189 e. The molecule has 2 fully saturated rings. The van der Waals surface area contributed by atoms with Crippen LogP contribution in [0.5, 0.6) is 5.75 Å². The van der Waals surface area contributed by atoms with Crippen molar-refractivity contribution in [2.45, 2.75) is 102 Å². The molecule has 214 valence electrons. The second-order valence-corrected chi connectivity index (χ2v) is 25.7. The fraction of sp³-hybridized carbons (Fsp3) is 0.767. The first-order valence-corrected chi connectivity index (χ1v) is 22.1. The minimum Gasteiger partial charge on any atom is -0.468 e. The summed E-state index contributed by atoms with van der Waals surface area (Å²) in [7, 11) is -2.20. The van der Waals surface area contributed by atoms with Gasteiger partial charge in [0.2, 0.25) is 0 Å². The molecule has 0 radical (unpaired) electrons. The average molecular weight is 562 g/mol. The van der Waals surface area contributed by atoms with Gasteiger partial charge in [0.25, 0.3) is 0 Å². The number of ether oxygens (including phenoxy) is 4. The predicted molar refractivity (Wildman–Crippen MR) is 159 cm³/mol. The predicted octanol–water partition coefficient (Wildman–Crippen LogP) is 7.57. The van der Waals surface area contributed by atoms with E-state index in [1.807, 2.05) is 0 Å². The molecule has 0 aliphatic heterocycles. The summed E-state index contributed by atoms with van der Waals surface area (Å²) in [5.41, 5.74) is 3.29. The molecule has 0 spiro atoms. The van der Waals surface area contributed by atoms with Crippen molar-refractivity contribution in [3.8, 4) is 5.75 Å². The second-order valence-electron chi connectivity index (χ2n) is 14.5. The molecule has 8 heteroatoms. The number of hydrogen-bond donors (Lipinski definition) is 1. The zero-order valence-corrected chi connectivity index (χ0v) is 26.8. The molecule has 1 aromatic carbocycles. The van der Waals surface area contributed by atoms with E-state index < -0.39 is 16.1 Å². The fourth-order valence-corrected chi connectivity index (χ4v) is 8.44. The lowest BCUT2D eigenvalue weighted by Gasteiger charge is -2.50. The highest BCUT2D eigenvalue weighted by atomic mass is 28.3. The van der Waals surface area contributed by atoms with Crippen molar-refractivity contribution < 1.29 is 24.2 Å². The van der Waals surface area contributed by atoms with Crippen molar-refractivity contribution in [2.24, 2.45) is 22.4 Å². The third kappa shape index (κ3) is 7.11. The molecule has 0 aromatic heterocycles. The van der Waals surface area contributed by atoms with Gasteiger partial charge in [-0.1, -0.05) is 57.4 Å². The maximum atomic E-state index is 10.0. The summed E-state index contributed by atoms with van der Waals surface area (Å²) in [5.74, 6) is 2.31. The molecule has 3 aliphatic carbocycles. The molecular formula is C30H51NO5Si2. The lowest BCUT2D eigenvalue weighted by atomic mass is 9.55. The van der Waals surface area contributed by atoms with E-state index in [1.54, 1.807) is 0 Å². The molecule has 4 rings (SSSR count). The Hall–Kier alpha value is -1.20. The molecule has 1 aromatic rings. The van der Waals surface area contributed by atoms with Crippen LogP contribution in [0.15, 0.2) is 23.4 Å². The topological polar surface area (TPSA) is 69.5 Å². The van der Waals surface area contributed by atoms with Gasteiger partial charge in [-0.15, -0.1) is 0 Å². The summed E-state index contributed by atoms with van der Waals surface area (Å²) < 4.78 is 23.9. The Morgan fingerprint density at radius 3 is 2.29 bits per heavy atom. The van der Waals surface area contributed by atoms with Crippen LogP contribution in [-0.4, -0.2) is 60.0 Å². The SMILES string of the molecule is C[C@]12CC[C@@H]3c4ccc(OCOCC[Si](C)(C)C)cc4/C(=N/O)C[C@H]3[C@@H]1CC[C@@H]2OCOCC[Si](C)(C)C. The molecule has 5 atom stereocenters. The molecule has 0 amide bonds. The van der Waals surface area contributed by atoms with Crippen LogP contribution in [0.3, 0.4) is 0 Å². The Kier molecular flexibility index (Phi) is 9.50. The van der Waals surface area contributed by atoms with E-state index in [0.717, 1.165) is 62.0 Å². The van der Waals surface area contributed by atoms with Crippen LogP contribution in [-0.2, 0) is 14.2 Å². The van der Waals surface area contributed by atoms with Crippen molar-refractivity contribution in [3.63, 3.8) is 0 Å². The number of oxime groups is 1. The molecular weight excluding hydrogens is 511 g/mol. The van der Waals surface area contributed by atoms with E-state index in [0.29, 0.717) is 24.5 Å². The van der Waals surface area contributed by atoms with Gasteiger partial charge in [-0.25, -0.2) is 0 Å². The van der Waals surface area contributed by atoms with Crippen molar-refractivity contribution >= 4 is 21.9 Å². The summed E-state index contributed by atoms with van der Waals surface area (Å²) in [6, 6.07) is 8.61. The third-order valence-electron chi connectivity index (χ3n) is 9.29. The van der Waals surface area contributed by atoms with Crippen LogP contribution >= 0.6 is 0 Å². The van der Waals surface area contributed by atoms with Gasteiger partial charge in [-0.3, -0.25) is 0 Å². The van der Waals surface area contributed by atoms with Crippen LogP contribution in [0.1, 0.15) is 56.1 Å². The first kappa shape index (κ1) is 29.8. The van der Waals surface area contributed by atoms with E-state index in [1.165, 1.54) is 18.0 Å². The van der Waals surface area contributed by atoms with Crippen molar-refractivity contribution in [2.75, 3.05) is 26.8 Å². The van der Waals surface area contributed by atoms with Gasteiger partial charge in [0.1, 0.15) is 12.5 Å². The smallest absolute Gasteiger partial charge is 0.189 e. The molecule has 0 saturated heterocycles. The van der Waals surface area contributed by atoms with Crippen LogP contribution in [0.2, 0.25) is 51.4 Å². The average Bonchev–Trinajstić information content (AvgIpc) is 3.17. The monoisotopic (exact) mass is 561 g/mol. The maximum absolute atomic E-state index is 10.0. The molecule has 1 N–H and O–H groups in total. The van der Waals surface area contributed by atoms with Crippen molar-refractivity contribution in [3.05, 3.63) is 29.3 Å². The van der Waals surface area contributed by atoms with Crippen molar-refractivity contribution in [1.29, 1.82) is 0 Å². The molecule has 2 saturated carbocycles. The van der Waals surface area contributed by atoms with Gasteiger partial charge in [0.15, 0.2) is 6.79 Å². The van der Waals surface area contributed by atoms with E-state index in [-0.39, 0.29) is 18.3 Å². The fourth-order valence-electron chi connectivity index (χ4n) is 6.92. The van der Waals surface area contributed by atoms with Gasteiger partial charge in [0.05, 0.1) is 11.8 Å². The van der Waals surface area contributed by atoms with Crippen molar-refractivity contribution in [1.82, 2.24) is 0 Å². The summed E-state index contributed by atoms with van der Waals surface area (Å²) in [6.07, 6.45) is 5.61. The normalized spacial score (nSPS) is 30.1. The summed E-state index contributed by atoms with van der Waals surface area (Å²) in [4.78, 5) is 0. The molecule has 38 heavy (non-hydrogen) atoms. The number of nitrogens with zero attached hydrogens (tertiary/aromatic N) is 1. The first-order valence-electron chi connectivity index (χ1n) is 14.7. The molecule has 0 heterocycles. The Morgan fingerprint density at radius 1 is 0.947 bits per heavy atom. The van der Waals surface area contributed by atoms with Gasteiger partial charge in [-0.2, -0.15) is 0 Å². The highest BCUT2D eigenvalue weighted by Gasteiger charge is 2.56. The number of hydrogen-bond acceptors (Lipinski definition) is 6. The lowest BCUT2D eigenvalue weighted by Crippen LogP contribution is -2.45.